The maximum absolute atomic E-state index is 12.4. The highest BCUT2D eigenvalue weighted by atomic mass is 16.6. The van der Waals surface area contributed by atoms with Crippen LogP contribution in [0.15, 0.2) is 48.5 Å². The molecule has 5 heteroatoms. The zero-order valence-corrected chi connectivity index (χ0v) is 13.8. The van der Waals surface area contributed by atoms with Gasteiger partial charge in [0.1, 0.15) is 12.4 Å². The summed E-state index contributed by atoms with van der Waals surface area (Å²) in [7, 11) is 0. The molecule has 0 saturated heterocycles. The van der Waals surface area contributed by atoms with Gasteiger partial charge in [0.15, 0.2) is 11.5 Å². The lowest BCUT2D eigenvalue weighted by atomic mass is 10.1. The summed E-state index contributed by atoms with van der Waals surface area (Å²) in [6.07, 6.45) is -0.648. The fraction of sp³-hybridized carbons (Fsp3) is 0.316. The van der Waals surface area contributed by atoms with Crippen LogP contribution in [0.3, 0.4) is 0 Å². The Kier molecular flexibility index (Phi) is 4.89. The van der Waals surface area contributed by atoms with E-state index in [-0.39, 0.29) is 18.6 Å². The molecule has 0 radical (unpaired) electrons. The van der Waals surface area contributed by atoms with Gasteiger partial charge in [0.05, 0.1) is 12.6 Å². The highest BCUT2D eigenvalue weighted by Crippen LogP contribution is 2.31. The van der Waals surface area contributed by atoms with Crippen molar-refractivity contribution in [1.29, 1.82) is 0 Å². The van der Waals surface area contributed by atoms with Crippen LogP contribution in [0.5, 0.6) is 17.2 Å². The summed E-state index contributed by atoms with van der Waals surface area (Å²) in [6.45, 7) is 4.72. The first-order valence-corrected chi connectivity index (χ1v) is 8.09. The van der Waals surface area contributed by atoms with Crippen molar-refractivity contribution in [3.63, 3.8) is 0 Å². The van der Waals surface area contributed by atoms with Gasteiger partial charge in [-0.25, -0.2) is 0 Å². The van der Waals surface area contributed by atoms with E-state index in [4.69, 9.17) is 14.2 Å². The molecule has 0 saturated carbocycles. The van der Waals surface area contributed by atoms with E-state index in [2.05, 4.69) is 5.32 Å². The lowest BCUT2D eigenvalue weighted by Gasteiger charge is -2.26. The molecule has 0 aliphatic carbocycles. The fourth-order valence-corrected chi connectivity index (χ4v) is 2.56. The van der Waals surface area contributed by atoms with E-state index in [0.29, 0.717) is 18.1 Å². The van der Waals surface area contributed by atoms with Gasteiger partial charge in [-0.2, -0.15) is 0 Å². The number of hydrogen-bond acceptors (Lipinski definition) is 4. The van der Waals surface area contributed by atoms with Crippen molar-refractivity contribution in [1.82, 2.24) is 5.32 Å². The lowest BCUT2D eigenvalue weighted by molar-refractivity contribution is -0.131. The number of rotatable bonds is 5. The van der Waals surface area contributed by atoms with Crippen LogP contribution in [-0.2, 0) is 4.79 Å². The summed E-state index contributed by atoms with van der Waals surface area (Å²) in [5, 5.41) is 2.96. The normalized spacial score (nSPS) is 17.0. The molecule has 2 atom stereocenters. The Morgan fingerprint density at radius 3 is 2.62 bits per heavy atom. The third-order valence-electron chi connectivity index (χ3n) is 3.85. The van der Waals surface area contributed by atoms with Crippen LogP contribution in [0.25, 0.3) is 0 Å². The Morgan fingerprint density at radius 2 is 1.92 bits per heavy atom. The smallest absolute Gasteiger partial charge is 0.265 e. The minimum Gasteiger partial charge on any atom is -0.494 e. The molecule has 126 valence electrons. The molecule has 3 rings (SSSR count). The summed E-state index contributed by atoms with van der Waals surface area (Å²) in [5.41, 5.74) is 1.00. The van der Waals surface area contributed by atoms with Crippen molar-refractivity contribution in [2.75, 3.05) is 13.2 Å². The van der Waals surface area contributed by atoms with Crippen molar-refractivity contribution in [2.24, 2.45) is 0 Å². The van der Waals surface area contributed by atoms with Gasteiger partial charge in [-0.05, 0) is 43.7 Å². The quantitative estimate of drug-likeness (QED) is 0.917. The second kappa shape index (κ2) is 7.25. The van der Waals surface area contributed by atoms with Crippen LogP contribution in [0.2, 0.25) is 0 Å². The predicted molar refractivity (Wildman–Crippen MR) is 90.5 cm³/mol. The Bertz CT molecular complexity index is 699. The highest BCUT2D eigenvalue weighted by Gasteiger charge is 2.28. The molecule has 0 fully saturated rings. The van der Waals surface area contributed by atoms with E-state index in [1.807, 2.05) is 56.3 Å². The molecule has 1 N–H and O–H groups in total. The Hall–Kier alpha value is -2.69. The number of ether oxygens (including phenoxy) is 3. The number of hydrogen-bond donors (Lipinski definition) is 1. The highest BCUT2D eigenvalue weighted by molar-refractivity contribution is 5.82. The molecular weight excluding hydrogens is 306 g/mol. The maximum atomic E-state index is 12.4. The zero-order chi connectivity index (χ0) is 16.9. The Balaban J connectivity index is 1.60. The van der Waals surface area contributed by atoms with Crippen LogP contribution in [0, 0.1) is 0 Å². The first-order chi connectivity index (χ1) is 11.7. The molecule has 5 nitrogen and oxygen atoms in total. The summed E-state index contributed by atoms with van der Waals surface area (Å²) in [4.78, 5) is 12.4. The standard InChI is InChI=1S/C19H21NO4/c1-3-22-15-10-8-14(9-11-15)13(2)20-19(21)18-12-23-16-6-4-5-7-17(16)24-18/h4-11,13,18H,3,12H2,1-2H3,(H,20,21)/t13-,18-/m0/s1. The number of carbonyl (C=O) groups excluding carboxylic acids is 1. The van der Waals surface area contributed by atoms with Crippen LogP contribution in [-0.4, -0.2) is 25.2 Å². The molecule has 0 bridgehead atoms. The van der Waals surface area contributed by atoms with Crippen molar-refractivity contribution in [2.45, 2.75) is 26.0 Å². The number of nitrogens with one attached hydrogen (secondary N) is 1. The minimum atomic E-state index is -0.648. The first kappa shape index (κ1) is 16.2. The average Bonchev–Trinajstić information content (AvgIpc) is 2.62. The molecule has 0 spiro atoms. The largest absolute Gasteiger partial charge is 0.494 e. The monoisotopic (exact) mass is 327 g/mol. The molecule has 24 heavy (non-hydrogen) atoms. The zero-order valence-electron chi connectivity index (χ0n) is 13.8. The van der Waals surface area contributed by atoms with Crippen LogP contribution >= 0.6 is 0 Å². The molecule has 1 heterocycles. The van der Waals surface area contributed by atoms with E-state index in [1.165, 1.54) is 0 Å². The molecule has 1 aliphatic heterocycles. The summed E-state index contributed by atoms with van der Waals surface area (Å²) >= 11 is 0. The second-order valence-corrected chi connectivity index (χ2v) is 5.60. The molecule has 1 aliphatic rings. The van der Waals surface area contributed by atoms with Gasteiger partial charge in [0.25, 0.3) is 5.91 Å². The molecule has 2 aromatic carbocycles. The van der Waals surface area contributed by atoms with Crippen molar-refractivity contribution < 1.29 is 19.0 Å². The van der Waals surface area contributed by atoms with Crippen molar-refractivity contribution >= 4 is 5.91 Å². The van der Waals surface area contributed by atoms with Gasteiger partial charge in [-0.1, -0.05) is 24.3 Å². The number of fused-ring (bicyclic) bond motifs is 1. The SMILES string of the molecule is CCOc1ccc([C@H](C)NC(=O)[C@@H]2COc3ccccc3O2)cc1. The number of carbonyl (C=O) groups is 1. The first-order valence-electron chi connectivity index (χ1n) is 8.09. The fourth-order valence-electron chi connectivity index (χ4n) is 2.56. The average molecular weight is 327 g/mol. The minimum absolute atomic E-state index is 0.131. The third-order valence-corrected chi connectivity index (χ3v) is 3.85. The van der Waals surface area contributed by atoms with Crippen LogP contribution in [0.4, 0.5) is 0 Å². The lowest BCUT2D eigenvalue weighted by Crippen LogP contribution is -2.44. The van der Waals surface area contributed by atoms with E-state index in [0.717, 1.165) is 11.3 Å². The van der Waals surface area contributed by atoms with Gasteiger partial charge in [-0.3, -0.25) is 4.79 Å². The topological polar surface area (TPSA) is 56.8 Å². The van der Waals surface area contributed by atoms with Gasteiger partial charge >= 0.3 is 0 Å². The third kappa shape index (κ3) is 3.62. The van der Waals surface area contributed by atoms with Crippen molar-refractivity contribution in [3.05, 3.63) is 54.1 Å². The number of amides is 1. The molecule has 0 aromatic heterocycles. The van der Waals surface area contributed by atoms with E-state index in [9.17, 15) is 4.79 Å². The summed E-state index contributed by atoms with van der Waals surface area (Å²) in [6, 6.07) is 14.9. The van der Waals surface area contributed by atoms with E-state index in [1.54, 1.807) is 6.07 Å². The van der Waals surface area contributed by atoms with Gasteiger partial charge in [0.2, 0.25) is 6.10 Å². The van der Waals surface area contributed by atoms with Crippen molar-refractivity contribution in [3.8, 4) is 17.2 Å². The van der Waals surface area contributed by atoms with E-state index < -0.39 is 6.10 Å². The van der Waals surface area contributed by atoms with E-state index >= 15 is 0 Å². The maximum Gasteiger partial charge on any atom is 0.265 e. The van der Waals surface area contributed by atoms with Gasteiger partial charge in [0, 0.05) is 0 Å². The van der Waals surface area contributed by atoms with Gasteiger partial charge in [-0.15, -0.1) is 0 Å². The molecule has 2 aromatic rings. The summed E-state index contributed by atoms with van der Waals surface area (Å²) in [5.74, 6) is 1.89. The van der Waals surface area contributed by atoms with Crippen LogP contribution in [0.1, 0.15) is 25.5 Å². The summed E-state index contributed by atoms with van der Waals surface area (Å²) < 4.78 is 16.7. The molecule has 1 amide bonds. The number of para-hydroxylation sites is 2. The van der Waals surface area contributed by atoms with Crippen LogP contribution < -0.4 is 19.5 Å². The number of benzene rings is 2. The molecular formula is C19H21NO4. The molecule has 0 unspecified atom stereocenters. The predicted octanol–water partition coefficient (Wildman–Crippen LogP) is 3.10. The Labute approximate surface area is 141 Å². The Morgan fingerprint density at radius 1 is 1.21 bits per heavy atom. The second-order valence-electron chi connectivity index (χ2n) is 5.60. The van der Waals surface area contributed by atoms with Gasteiger partial charge < -0.3 is 19.5 Å².